The Labute approximate surface area is 143 Å². The molecule has 1 aromatic carbocycles. The number of nitrogens with one attached hydrogen (secondary N) is 1. The van der Waals surface area contributed by atoms with Crippen LogP contribution in [-0.4, -0.2) is 50.2 Å². The fraction of sp³-hybridized carbons (Fsp3) is 0.556. The van der Waals surface area contributed by atoms with Crippen LogP contribution in [-0.2, 0) is 4.79 Å². The van der Waals surface area contributed by atoms with E-state index in [2.05, 4.69) is 11.4 Å². The minimum Gasteiger partial charge on any atom is -0.497 e. The molecule has 1 aromatic rings. The van der Waals surface area contributed by atoms with Gasteiger partial charge < -0.3 is 14.8 Å². The molecular weight excluding hydrogens is 306 g/mol. The van der Waals surface area contributed by atoms with Gasteiger partial charge in [-0.3, -0.25) is 9.69 Å². The lowest BCUT2D eigenvalue weighted by Crippen LogP contribution is -2.48. The van der Waals surface area contributed by atoms with Gasteiger partial charge in [-0.05, 0) is 57.0 Å². The summed E-state index contributed by atoms with van der Waals surface area (Å²) in [6.07, 6.45) is 3.50. The third kappa shape index (κ3) is 5.14. The number of nitriles is 1. The zero-order chi connectivity index (χ0) is 17.4. The van der Waals surface area contributed by atoms with Crippen molar-refractivity contribution in [3.05, 3.63) is 24.3 Å². The van der Waals surface area contributed by atoms with E-state index in [4.69, 9.17) is 9.47 Å². The maximum atomic E-state index is 12.1. The molecule has 1 saturated carbocycles. The van der Waals surface area contributed by atoms with Crippen LogP contribution in [0.3, 0.4) is 0 Å². The van der Waals surface area contributed by atoms with E-state index in [0.717, 1.165) is 37.2 Å². The van der Waals surface area contributed by atoms with Crippen LogP contribution in [0.2, 0.25) is 0 Å². The first kappa shape index (κ1) is 18.1. The lowest BCUT2D eigenvalue weighted by Gasteiger charge is -2.24. The van der Waals surface area contributed by atoms with Crippen LogP contribution >= 0.6 is 0 Å². The summed E-state index contributed by atoms with van der Waals surface area (Å²) in [6, 6.07) is 9.65. The van der Waals surface area contributed by atoms with Crippen molar-refractivity contribution in [1.82, 2.24) is 10.2 Å². The van der Waals surface area contributed by atoms with E-state index in [0.29, 0.717) is 13.2 Å². The van der Waals surface area contributed by atoms with Crippen molar-refractivity contribution in [3.63, 3.8) is 0 Å². The monoisotopic (exact) mass is 331 g/mol. The van der Waals surface area contributed by atoms with Crippen LogP contribution < -0.4 is 14.8 Å². The Bertz CT molecular complexity index is 574. The molecule has 0 spiro atoms. The highest BCUT2D eigenvalue weighted by Crippen LogP contribution is 2.28. The number of nitrogens with zero attached hydrogens (tertiary/aromatic N) is 2. The van der Waals surface area contributed by atoms with Gasteiger partial charge in [0.15, 0.2) is 0 Å². The van der Waals surface area contributed by atoms with Crippen molar-refractivity contribution in [2.24, 2.45) is 0 Å². The molecule has 0 heterocycles. The minimum absolute atomic E-state index is 0.106. The van der Waals surface area contributed by atoms with Crippen LogP contribution in [0.5, 0.6) is 11.5 Å². The minimum atomic E-state index is -0.655. The molecule has 0 radical (unpaired) electrons. The first-order valence-corrected chi connectivity index (χ1v) is 8.24. The van der Waals surface area contributed by atoms with Crippen molar-refractivity contribution >= 4 is 5.91 Å². The average Bonchev–Trinajstić information content (AvgIpc) is 3.04. The molecule has 1 aliphatic carbocycles. The van der Waals surface area contributed by atoms with Gasteiger partial charge in [0, 0.05) is 6.54 Å². The molecule has 0 unspecified atom stereocenters. The van der Waals surface area contributed by atoms with Crippen LogP contribution in [0.25, 0.3) is 0 Å². The molecular formula is C18H25N3O3. The highest BCUT2D eigenvalue weighted by atomic mass is 16.5. The summed E-state index contributed by atoms with van der Waals surface area (Å²) in [5.74, 6) is 1.45. The summed E-state index contributed by atoms with van der Waals surface area (Å²) in [4.78, 5) is 14.0. The molecule has 0 saturated heterocycles. The fourth-order valence-corrected chi connectivity index (χ4v) is 2.87. The fourth-order valence-electron chi connectivity index (χ4n) is 2.87. The summed E-state index contributed by atoms with van der Waals surface area (Å²) in [6.45, 7) is 1.37. The predicted octanol–water partition coefficient (Wildman–Crippen LogP) is 1.96. The first-order chi connectivity index (χ1) is 11.6. The summed E-state index contributed by atoms with van der Waals surface area (Å²) >= 11 is 0. The third-order valence-corrected chi connectivity index (χ3v) is 4.26. The van der Waals surface area contributed by atoms with Gasteiger partial charge in [-0.2, -0.15) is 5.26 Å². The zero-order valence-electron chi connectivity index (χ0n) is 14.4. The second-order valence-electron chi connectivity index (χ2n) is 6.21. The molecule has 6 heteroatoms. The standard InChI is InChI=1S/C18H25N3O3/c1-21(11-12-24-16-7-5-15(23-2)6-8-16)13-17(22)20-18(14-19)9-3-4-10-18/h5-8H,3-4,9-13H2,1-2H3,(H,20,22). The highest BCUT2D eigenvalue weighted by Gasteiger charge is 2.35. The van der Waals surface area contributed by atoms with Crippen LogP contribution in [0.1, 0.15) is 25.7 Å². The van der Waals surface area contributed by atoms with E-state index < -0.39 is 5.54 Å². The molecule has 130 valence electrons. The largest absolute Gasteiger partial charge is 0.497 e. The molecule has 2 rings (SSSR count). The van der Waals surface area contributed by atoms with Gasteiger partial charge in [-0.25, -0.2) is 0 Å². The molecule has 1 N–H and O–H groups in total. The molecule has 24 heavy (non-hydrogen) atoms. The summed E-state index contributed by atoms with van der Waals surface area (Å²) in [7, 11) is 3.49. The smallest absolute Gasteiger partial charge is 0.235 e. The Hall–Kier alpha value is -2.26. The lowest BCUT2D eigenvalue weighted by atomic mass is 10.00. The van der Waals surface area contributed by atoms with Gasteiger partial charge in [-0.15, -0.1) is 0 Å². The maximum Gasteiger partial charge on any atom is 0.235 e. The molecule has 0 aromatic heterocycles. The number of likely N-dealkylation sites (N-methyl/N-ethyl adjacent to an activating group) is 1. The number of methoxy groups -OCH3 is 1. The maximum absolute atomic E-state index is 12.1. The number of carbonyl (C=O) groups is 1. The molecule has 0 bridgehead atoms. The van der Waals surface area contributed by atoms with E-state index in [9.17, 15) is 10.1 Å². The van der Waals surface area contributed by atoms with Gasteiger partial charge in [-0.1, -0.05) is 0 Å². The summed E-state index contributed by atoms with van der Waals surface area (Å²) in [5.41, 5.74) is -0.655. The second kappa shape index (κ2) is 8.55. The van der Waals surface area contributed by atoms with Gasteiger partial charge in [0.1, 0.15) is 23.6 Å². The number of amides is 1. The molecule has 1 fully saturated rings. The first-order valence-electron chi connectivity index (χ1n) is 8.24. The van der Waals surface area contributed by atoms with Crippen molar-refractivity contribution in [1.29, 1.82) is 5.26 Å². The van der Waals surface area contributed by atoms with Crippen molar-refractivity contribution in [3.8, 4) is 17.6 Å². The Morgan fingerprint density at radius 3 is 2.50 bits per heavy atom. The summed E-state index contributed by atoms with van der Waals surface area (Å²) in [5, 5.41) is 12.2. The molecule has 6 nitrogen and oxygen atoms in total. The van der Waals surface area contributed by atoms with E-state index in [-0.39, 0.29) is 12.5 Å². The quantitative estimate of drug-likeness (QED) is 0.788. The molecule has 0 aliphatic heterocycles. The van der Waals surface area contributed by atoms with Gasteiger partial charge >= 0.3 is 0 Å². The SMILES string of the molecule is COc1ccc(OCCN(C)CC(=O)NC2(C#N)CCCC2)cc1. The van der Waals surface area contributed by atoms with E-state index in [1.807, 2.05) is 36.2 Å². The van der Waals surface area contributed by atoms with Crippen molar-refractivity contribution < 1.29 is 14.3 Å². The van der Waals surface area contributed by atoms with Gasteiger partial charge in [0.2, 0.25) is 5.91 Å². The van der Waals surface area contributed by atoms with Crippen LogP contribution in [0, 0.1) is 11.3 Å². The number of ether oxygens (including phenoxy) is 2. The molecule has 1 aliphatic rings. The van der Waals surface area contributed by atoms with E-state index in [1.165, 1.54) is 0 Å². The topological polar surface area (TPSA) is 74.6 Å². The Balaban J connectivity index is 1.69. The van der Waals surface area contributed by atoms with Crippen LogP contribution in [0.15, 0.2) is 24.3 Å². The normalized spacial score (nSPS) is 15.8. The van der Waals surface area contributed by atoms with Gasteiger partial charge in [0.05, 0.1) is 19.7 Å². The number of hydrogen-bond donors (Lipinski definition) is 1. The number of rotatable bonds is 8. The van der Waals surface area contributed by atoms with E-state index in [1.54, 1.807) is 7.11 Å². The molecule has 0 atom stereocenters. The highest BCUT2D eigenvalue weighted by molar-refractivity contribution is 5.79. The Morgan fingerprint density at radius 2 is 1.92 bits per heavy atom. The van der Waals surface area contributed by atoms with E-state index >= 15 is 0 Å². The Morgan fingerprint density at radius 1 is 1.29 bits per heavy atom. The van der Waals surface area contributed by atoms with Gasteiger partial charge in [0.25, 0.3) is 0 Å². The zero-order valence-corrected chi connectivity index (χ0v) is 14.4. The number of carbonyl (C=O) groups excluding carboxylic acids is 1. The lowest BCUT2D eigenvalue weighted by molar-refractivity contribution is -0.123. The Kier molecular flexibility index (Phi) is 6.44. The third-order valence-electron chi connectivity index (χ3n) is 4.26. The average molecular weight is 331 g/mol. The summed E-state index contributed by atoms with van der Waals surface area (Å²) < 4.78 is 10.7. The van der Waals surface area contributed by atoms with Crippen molar-refractivity contribution in [2.75, 3.05) is 33.9 Å². The second-order valence-corrected chi connectivity index (χ2v) is 6.21. The predicted molar refractivity (Wildman–Crippen MR) is 90.9 cm³/mol. The number of hydrogen-bond acceptors (Lipinski definition) is 5. The van der Waals surface area contributed by atoms with Crippen LogP contribution in [0.4, 0.5) is 0 Å². The molecule has 1 amide bonds. The van der Waals surface area contributed by atoms with Crippen molar-refractivity contribution in [2.45, 2.75) is 31.2 Å². The number of benzene rings is 1.